The number of benzene rings is 3. The molecule has 3 aromatic rings. The first-order valence-corrected chi connectivity index (χ1v) is 12.1. The van der Waals surface area contributed by atoms with E-state index in [9.17, 15) is 16.8 Å². The summed E-state index contributed by atoms with van der Waals surface area (Å²) in [4.78, 5) is -0.0482. The number of anilines is 2. The summed E-state index contributed by atoms with van der Waals surface area (Å²) >= 11 is 11.8. The van der Waals surface area contributed by atoms with Gasteiger partial charge < -0.3 is 4.74 Å². The maximum atomic E-state index is 12.7. The zero-order valence-electron chi connectivity index (χ0n) is 15.5. The van der Waals surface area contributed by atoms with Crippen molar-refractivity contribution in [2.24, 2.45) is 0 Å². The number of methoxy groups -OCH3 is 1. The summed E-state index contributed by atoms with van der Waals surface area (Å²) in [6.07, 6.45) is 0. The van der Waals surface area contributed by atoms with Crippen molar-refractivity contribution in [3.8, 4) is 5.75 Å². The van der Waals surface area contributed by atoms with E-state index in [4.69, 9.17) is 27.9 Å². The number of nitrogens with one attached hydrogen (secondary N) is 2. The summed E-state index contributed by atoms with van der Waals surface area (Å²) in [5.74, 6) is 0.196. The summed E-state index contributed by atoms with van der Waals surface area (Å²) in [6, 6.07) is 15.9. The van der Waals surface area contributed by atoms with Gasteiger partial charge in [0.05, 0.1) is 38.3 Å². The minimum Gasteiger partial charge on any atom is -0.495 e. The van der Waals surface area contributed by atoms with E-state index in [1.165, 1.54) is 55.6 Å². The molecule has 0 atom stereocenters. The highest BCUT2D eigenvalue weighted by Crippen LogP contribution is 2.32. The summed E-state index contributed by atoms with van der Waals surface area (Å²) in [7, 11) is -6.54. The molecule has 30 heavy (non-hydrogen) atoms. The summed E-state index contributed by atoms with van der Waals surface area (Å²) < 4.78 is 60.5. The minimum atomic E-state index is -4.05. The van der Waals surface area contributed by atoms with Crippen LogP contribution in [0.3, 0.4) is 0 Å². The van der Waals surface area contributed by atoms with Gasteiger partial charge in [0.25, 0.3) is 20.0 Å². The van der Waals surface area contributed by atoms with Crippen molar-refractivity contribution in [2.45, 2.75) is 9.79 Å². The summed E-state index contributed by atoms with van der Waals surface area (Å²) in [5.41, 5.74) is 0.184. The van der Waals surface area contributed by atoms with Gasteiger partial charge in [0.2, 0.25) is 0 Å². The van der Waals surface area contributed by atoms with Crippen LogP contribution in [0, 0.1) is 0 Å². The molecule has 0 aliphatic rings. The molecule has 7 nitrogen and oxygen atoms in total. The second-order valence-corrected chi connectivity index (χ2v) is 10.2. The lowest BCUT2D eigenvalue weighted by molar-refractivity contribution is 0.417. The average Bonchev–Trinajstić information content (AvgIpc) is 2.70. The SMILES string of the molecule is COc1ccc(NS(=O)(=O)c2ccccc2)cc1NS(=O)(=O)c1ccc(Cl)c(Cl)c1. The van der Waals surface area contributed by atoms with E-state index in [1.54, 1.807) is 18.2 Å². The van der Waals surface area contributed by atoms with Crippen molar-refractivity contribution in [1.29, 1.82) is 0 Å². The van der Waals surface area contributed by atoms with Crippen LogP contribution in [0.2, 0.25) is 10.0 Å². The molecule has 3 aromatic carbocycles. The lowest BCUT2D eigenvalue weighted by atomic mass is 10.2. The lowest BCUT2D eigenvalue weighted by Gasteiger charge is -2.15. The predicted octanol–water partition coefficient (Wildman–Crippen LogP) is 4.60. The highest BCUT2D eigenvalue weighted by molar-refractivity contribution is 7.93. The fraction of sp³-hybridized carbons (Fsp3) is 0.0526. The molecule has 0 aliphatic heterocycles. The number of hydrogen-bond acceptors (Lipinski definition) is 5. The van der Waals surface area contributed by atoms with Crippen molar-refractivity contribution in [1.82, 2.24) is 0 Å². The van der Waals surface area contributed by atoms with Crippen LogP contribution in [0.1, 0.15) is 0 Å². The second kappa shape index (κ2) is 8.73. The number of hydrogen-bond donors (Lipinski definition) is 2. The van der Waals surface area contributed by atoms with E-state index in [-0.39, 0.29) is 37.0 Å². The van der Waals surface area contributed by atoms with Gasteiger partial charge in [-0.15, -0.1) is 0 Å². The van der Waals surface area contributed by atoms with E-state index in [1.807, 2.05) is 0 Å². The third kappa shape index (κ3) is 4.99. The van der Waals surface area contributed by atoms with E-state index in [0.717, 1.165) is 0 Å². The number of ether oxygens (including phenoxy) is 1. The number of sulfonamides is 2. The smallest absolute Gasteiger partial charge is 0.262 e. The maximum absolute atomic E-state index is 12.7. The van der Waals surface area contributed by atoms with Crippen molar-refractivity contribution in [3.05, 3.63) is 76.8 Å². The first-order valence-electron chi connectivity index (χ1n) is 8.36. The second-order valence-electron chi connectivity index (χ2n) is 6.02. The highest BCUT2D eigenvalue weighted by atomic mass is 35.5. The molecular formula is C19H16Cl2N2O5S2. The molecule has 0 aliphatic carbocycles. The Hall–Kier alpha value is -2.46. The molecular weight excluding hydrogens is 471 g/mol. The quantitative estimate of drug-likeness (QED) is 0.507. The summed E-state index contributed by atoms with van der Waals surface area (Å²) in [5, 5.41) is 0.293. The van der Waals surface area contributed by atoms with Crippen molar-refractivity contribution >= 4 is 54.6 Å². The third-order valence-corrected chi connectivity index (χ3v) is 7.45. The lowest BCUT2D eigenvalue weighted by Crippen LogP contribution is -2.15. The number of rotatable bonds is 7. The van der Waals surface area contributed by atoms with Crippen LogP contribution >= 0.6 is 23.2 Å². The van der Waals surface area contributed by atoms with Gasteiger partial charge in [-0.3, -0.25) is 9.44 Å². The van der Waals surface area contributed by atoms with Crippen molar-refractivity contribution in [2.75, 3.05) is 16.6 Å². The molecule has 0 fully saturated rings. The largest absolute Gasteiger partial charge is 0.495 e. The van der Waals surface area contributed by atoms with Crippen LogP contribution in [0.5, 0.6) is 5.75 Å². The molecule has 0 spiro atoms. The fourth-order valence-electron chi connectivity index (χ4n) is 2.51. The minimum absolute atomic E-state index is 0.0387. The van der Waals surface area contributed by atoms with Gasteiger partial charge in [-0.2, -0.15) is 0 Å². The van der Waals surface area contributed by atoms with E-state index in [2.05, 4.69) is 9.44 Å². The monoisotopic (exact) mass is 486 g/mol. The molecule has 0 aromatic heterocycles. The zero-order chi connectivity index (χ0) is 21.9. The Bertz CT molecular complexity index is 1280. The molecule has 0 bridgehead atoms. The first kappa shape index (κ1) is 22.2. The van der Waals surface area contributed by atoms with Crippen LogP contribution in [-0.2, 0) is 20.0 Å². The van der Waals surface area contributed by atoms with Crippen molar-refractivity contribution < 1.29 is 21.6 Å². The highest BCUT2D eigenvalue weighted by Gasteiger charge is 2.20. The molecule has 158 valence electrons. The third-order valence-electron chi connectivity index (χ3n) is 3.95. The van der Waals surface area contributed by atoms with Gasteiger partial charge in [0.15, 0.2) is 0 Å². The molecule has 2 N–H and O–H groups in total. The summed E-state index contributed by atoms with van der Waals surface area (Å²) in [6.45, 7) is 0. The van der Waals surface area contributed by atoms with Gasteiger partial charge in [-0.05, 0) is 48.5 Å². The Morgan fingerprint density at radius 2 is 1.40 bits per heavy atom. The van der Waals surface area contributed by atoms with Gasteiger partial charge in [-0.25, -0.2) is 16.8 Å². The van der Waals surface area contributed by atoms with E-state index >= 15 is 0 Å². The number of halogens is 2. The van der Waals surface area contributed by atoms with Crippen molar-refractivity contribution in [3.63, 3.8) is 0 Å². The molecule has 0 amide bonds. The standard InChI is InChI=1S/C19H16Cl2N2O5S2/c1-28-19-10-7-13(22-29(24,25)14-5-3-2-4-6-14)11-18(19)23-30(26,27)15-8-9-16(20)17(21)12-15/h2-12,22-23H,1H3. The zero-order valence-corrected chi connectivity index (χ0v) is 18.6. The Morgan fingerprint density at radius 3 is 2.03 bits per heavy atom. The first-order chi connectivity index (χ1) is 14.1. The molecule has 0 radical (unpaired) electrons. The Morgan fingerprint density at radius 1 is 0.733 bits per heavy atom. The van der Waals surface area contributed by atoms with Gasteiger partial charge in [0, 0.05) is 0 Å². The Labute approximate surface area is 184 Å². The van der Waals surface area contributed by atoms with Gasteiger partial charge in [0.1, 0.15) is 5.75 Å². The van der Waals surface area contributed by atoms with Crippen LogP contribution in [0.4, 0.5) is 11.4 Å². The molecule has 3 rings (SSSR count). The average molecular weight is 487 g/mol. The van der Waals surface area contributed by atoms with Crippen LogP contribution < -0.4 is 14.2 Å². The molecule has 0 unspecified atom stereocenters. The molecule has 0 saturated carbocycles. The maximum Gasteiger partial charge on any atom is 0.262 e. The van der Waals surface area contributed by atoms with E-state index in [0.29, 0.717) is 0 Å². The topological polar surface area (TPSA) is 102 Å². The van der Waals surface area contributed by atoms with Gasteiger partial charge in [-0.1, -0.05) is 41.4 Å². The Kier molecular flexibility index (Phi) is 6.47. The van der Waals surface area contributed by atoms with Crippen LogP contribution in [0.15, 0.2) is 76.5 Å². The molecule has 0 heterocycles. The van der Waals surface area contributed by atoms with Crippen LogP contribution in [0.25, 0.3) is 0 Å². The van der Waals surface area contributed by atoms with Crippen LogP contribution in [-0.4, -0.2) is 23.9 Å². The predicted molar refractivity (Wildman–Crippen MR) is 118 cm³/mol. The normalized spacial score (nSPS) is 11.7. The molecule has 11 heteroatoms. The van der Waals surface area contributed by atoms with Gasteiger partial charge >= 0.3 is 0 Å². The molecule has 0 saturated heterocycles. The fourth-order valence-corrected chi connectivity index (χ4v) is 5.03. The Balaban J connectivity index is 1.94. The van der Waals surface area contributed by atoms with E-state index < -0.39 is 20.0 Å².